The fraction of sp³-hybridized carbons (Fsp3) is 0.286. The number of carboxylic acid groups (broad SMARTS) is 1. The third-order valence-electron chi connectivity index (χ3n) is 2.83. The number of hydrogen-bond donors (Lipinski definition) is 3. The van der Waals surface area contributed by atoms with E-state index in [1.54, 1.807) is 11.3 Å². The number of hydrogen-bond acceptors (Lipinski definition) is 4. The van der Waals surface area contributed by atoms with Crippen molar-refractivity contribution < 1.29 is 19.1 Å². The first-order chi connectivity index (χ1) is 9.95. The number of furan rings is 1. The van der Waals surface area contributed by atoms with Gasteiger partial charge in [-0.15, -0.1) is 11.3 Å². The Morgan fingerprint density at radius 1 is 1.33 bits per heavy atom. The Labute approximate surface area is 125 Å². The van der Waals surface area contributed by atoms with Gasteiger partial charge >= 0.3 is 12.0 Å². The molecule has 7 heteroatoms. The number of rotatable bonds is 5. The van der Waals surface area contributed by atoms with Gasteiger partial charge in [0.05, 0.1) is 12.6 Å². The van der Waals surface area contributed by atoms with Crippen LogP contribution in [0.15, 0.2) is 28.7 Å². The first-order valence-electron chi connectivity index (χ1n) is 6.38. The van der Waals surface area contributed by atoms with Crippen LogP contribution >= 0.6 is 11.3 Å². The SMILES string of the molecule is Cc1ccc(C(C)NC(=O)NCc2ccc(C(=O)O)o2)s1. The molecule has 1 atom stereocenters. The molecule has 3 N–H and O–H groups in total. The predicted octanol–water partition coefficient (Wildman–Crippen LogP) is 2.91. The van der Waals surface area contributed by atoms with Crippen LogP contribution in [-0.4, -0.2) is 17.1 Å². The van der Waals surface area contributed by atoms with Gasteiger partial charge in [-0.05, 0) is 38.1 Å². The van der Waals surface area contributed by atoms with E-state index in [4.69, 9.17) is 9.52 Å². The van der Waals surface area contributed by atoms with E-state index in [2.05, 4.69) is 10.6 Å². The van der Waals surface area contributed by atoms with Crippen LogP contribution in [-0.2, 0) is 6.54 Å². The van der Waals surface area contributed by atoms with Gasteiger partial charge in [0, 0.05) is 9.75 Å². The highest BCUT2D eigenvalue weighted by Crippen LogP contribution is 2.22. The quantitative estimate of drug-likeness (QED) is 0.792. The van der Waals surface area contributed by atoms with Crippen LogP contribution in [0.5, 0.6) is 0 Å². The van der Waals surface area contributed by atoms with Crippen LogP contribution in [0.3, 0.4) is 0 Å². The molecule has 21 heavy (non-hydrogen) atoms. The summed E-state index contributed by atoms with van der Waals surface area (Å²) < 4.78 is 5.05. The summed E-state index contributed by atoms with van der Waals surface area (Å²) in [5, 5.41) is 14.2. The summed E-state index contributed by atoms with van der Waals surface area (Å²) in [5.41, 5.74) is 0. The lowest BCUT2D eigenvalue weighted by Crippen LogP contribution is -2.36. The molecule has 6 nitrogen and oxygen atoms in total. The summed E-state index contributed by atoms with van der Waals surface area (Å²) >= 11 is 1.63. The molecule has 0 radical (unpaired) electrons. The Kier molecular flexibility index (Phi) is 4.64. The molecule has 2 amide bonds. The zero-order valence-corrected chi connectivity index (χ0v) is 12.5. The molecule has 2 aromatic rings. The smallest absolute Gasteiger partial charge is 0.371 e. The van der Waals surface area contributed by atoms with E-state index in [1.807, 2.05) is 26.0 Å². The van der Waals surface area contributed by atoms with Gasteiger partial charge < -0.3 is 20.2 Å². The van der Waals surface area contributed by atoms with Gasteiger partial charge in [-0.1, -0.05) is 0 Å². The maximum absolute atomic E-state index is 11.8. The lowest BCUT2D eigenvalue weighted by atomic mass is 10.3. The number of carbonyl (C=O) groups is 2. The zero-order chi connectivity index (χ0) is 15.4. The van der Waals surface area contributed by atoms with Crippen molar-refractivity contribution in [2.24, 2.45) is 0 Å². The molecule has 0 aliphatic carbocycles. The van der Waals surface area contributed by atoms with Crippen molar-refractivity contribution in [3.05, 3.63) is 45.5 Å². The van der Waals surface area contributed by atoms with Gasteiger partial charge in [-0.3, -0.25) is 0 Å². The summed E-state index contributed by atoms with van der Waals surface area (Å²) in [5.74, 6) is -0.885. The zero-order valence-electron chi connectivity index (χ0n) is 11.7. The lowest BCUT2D eigenvalue weighted by molar-refractivity contribution is 0.0660. The molecule has 2 aromatic heterocycles. The lowest BCUT2D eigenvalue weighted by Gasteiger charge is -2.12. The molecular weight excluding hydrogens is 292 g/mol. The van der Waals surface area contributed by atoms with Crippen molar-refractivity contribution in [1.29, 1.82) is 0 Å². The minimum atomic E-state index is -1.13. The average Bonchev–Trinajstić information content (AvgIpc) is 3.05. The Hall–Kier alpha value is -2.28. The third kappa shape index (κ3) is 4.09. The van der Waals surface area contributed by atoms with Crippen LogP contribution in [0.4, 0.5) is 4.79 Å². The summed E-state index contributed by atoms with van der Waals surface area (Å²) in [6, 6.07) is 6.45. The molecule has 0 spiro atoms. The summed E-state index contributed by atoms with van der Waals surface area (Å²) in [7, 11) is 0. The van der Waals surface area contributed by atoms with Crippen molar-refractivity contribution in [3.63, 3.8) is 0 Å². The maximum Gasteiger partial charge on any atom is 0.371 e. The molecule has 2 rings (SSSR count). The molecule has 0 saturated carbocycles. The Bertz CT molecular complexity index is 647. The second-order valence-corrected chi connectivity index (χ2v) is 5.89. The Balaban J connectivity index is 1.82. The van der Waals surface area contributed by atoms with Crippen LogP contribution in [0.1, 0.15) is 39.0 Å². The van der Waals surface area contributed by atoms with Gasteiger partial charge in [0.1, 0.15) is 5.76 Å². The monoisotopic (exact) mass is 308 g/mol. The molecule has 112 valence electrons. The molecule has 0 aliphatic rings. The molecule has 0 bridgehead atoms. The number of amides is 2. The number of aromatic carboxylic acids is 1. The number of urea groups is 1. The first kappa shape index (κ1) is 15.1. The van der Waals surface area contributed by atoms with Gasteiger partial charge in [0.15, 0.2) is 0 Å². The largest absolute Gasteiger partial charge is 0.475 e. The van der Waals surface area contributed by atoms with Gasteiger partial charge in [0.2, 0.25) is 5.76 Å². The Morgan fingerprint density at radius 2 is 2.10 bits per heavy atom. The normalized spacial score (nSPS) is 11.9. The number of carbonyl (C=O) groups excluding carboxylic acids is 1. The molecule has 2 heterocycles. The summed E-state index contributed by atoms with van der Waals surface area (Å²) in [4.78, 5) is 24.7. The summed E-state index contributed by atoms with van der Waals surface area (Å²) in [6.07, 6.45) is 0. The van der Waals surface area contributed by atoms with Crippen molar-refractivity contribution in [3.8, 4) is 0 Å². The van der Waals surface area contributed by atoms with Crippen LogP contribution in [0.2, 0.25) is 0 Å². The van der Waals surface area contributed by atoms with E-state index in [1.165, 1.54) is 17.0 Å². The van der Waals surface area contributed by atoms with E-state index in [0.717, 1.165) is 4.88 Å². The first-order valence-corrected chi connectivity index (χ1v) is 7.20. The minimum absolute atomic E-state index is 0.0881. The molecule has 0 fully saturated rings. The van der Waals surface area contributed by atoms with Crippen molar-refractivity contribution in [2.75, 3.05) is 0 Å². The van der Waals surface area contributed by atoms with E-state index in [0.29, 0.717) is 5.76 Å². The molecule has 0 saturated heterocycles. The van der Waals surface area contributed by atoms with Crippen molar-refractivity contribution in [1.82, 2.24) is 10.6 Å². The predicted molar refractivity (Wildman–Crippen MR) is 78.5 cm³/mol. The fourth-order valence-corrected chi connectivity index (χ4v) is 2.64. The van der Waals surface area contributed by atoms with E-state index < -0.39 is 5.97 Å². The van der Waals surface area contributed by atoms with Crippen LogP contribution in [0.25, 0.3) is 0 Å². The highest BCUT2D eigenvalue weighted by molar-refractivity contribution is 7.12. The van der Waals surface area contributed by atoms with Gasteiger partial charge in [-0.2, -0.15) is 0 Å². The van der Waals surface area contributed by atoms with Crippen LogP contribution in [0, 0.1) is 6.92 Å². The molecule has 0 aliphatic heterocycles. The fourth-order valence-electron chi connectivity index (χ4n) is 1.76. The standard InChI is InChI=1S/C14H16N2O4S/c1-8-3-6-12(21-8)9(2)16-14(19)15-7-10-4-5-11(20-10)13(17)18/h3-6,9H,7H2,1-2H3,(H,17,18)(H2,15,16,19). The van der Waals surface area contributed by atoms with Crippen molar-refractivity contribution >= 4 is 23.3 Å². The molecule has 0 aromatic carbocycles. The van der Waals surface area contributed by atoms with Crippen LogP contribution < -0.4 is 10.6 Å². The number of aryl methyl sites for hydroxylation is 1. The van der Waals surface area contributed by atoms with E-state index >= 15 is 0 Å². The van der Waals surface area contributed by atoms with Gasteiger partial charge in [0.25, 0.3) is 0 Å². The minimum Gasteiger partial charge on any atom is -0.475 e. The topological polar surface area (TPSA) is 91.6 Å². The molecular formula is C14H16N2O4S. The van der Waals surface area contributed by atoms with E-state index in [9.17, 15) is 9.59 Å². The number of nitrogens with one attached hydrogen (secondary N) is 2. The number of carboxylic acids is 1. The van der Waals surface area contributed by atoms with Gasteiger partial charge in [-0.25, -0.2) is 9.59 Å². The van der Waals surface area contributed by atoms with E-state index in [-0.39, 0.29) is 24.4 Å². The molecule has 1 unspecified atom stereocenters. The maximum atomic E-state index is 11.8. The highest BCUT2D eigenvalue weighted by atomic mass is 32.1. The third-order valence-corrected chi connectivity index (χ3v) is 4.01. The average molecular weight is 308 g/mol. The highest BCUT2D eigenvalue weighted by Gasteiger charge is 2.12. The Morgan fingerprint density at radius 3 is 2.67 bits per heavy atom. The summed E-state index contributed by atoms with van der Waals surface area (Å²) in [6.45, 7) is 4.05. The van der Waals surface area contributed by atoms with Crippen molar-refractivity contribution in [2.45, 2.75) is 26.4 Å². The second kappa shape index (κ2) is 6.45. The second-order valence-electron chi connectivity index (χ2n) is 4.57. The number of thiophene rings is 1.